The van der Waals surface area contributed by atoms with Crippen LogP contribution < -0.4 is 9.47 Å². The first-order valence-electron chi connectivity index (χ1n) is 8.33. The van der Waals surface area contributed by atoms with Crippen molar-refractivity contribution >= 4 is 5.91 Å². The van der Waals surface area contributed by atoms with Crippen LogP contribution in [0.5, 0.6) is 11.5 Å². The molecule has 0 fully saturated rings. The maximum Gasteiger partial charge on any atom is 0.253 e. The number of hydrogen-bond donors (Lipinski definition) is 0. The molecule has 2 rings (SSSR count). The summed E-state index contributed by atoms with van der Waals surface area (Å²) in [4.78, 5) is 14.4. The molecule has 0 aromatic heterocycles. The maximum atomic E-state index is 12.7. The van der Waals surface area contributed by atoms with E-state index in [4.69, 9.17) is 9.47 Å². The summed E-state index contributed by atoms with van der Waals surface area (Å²) in [6, 6.07) is 13.4. The third-order valence-corrected chi connectivity index (χ3v) is 4.25. The van der Waals surface area contributed by atoms with E-state index >= 15 is 0 Å². The lowest BCUT2D eigenvalue weighted by atomic mass is 9.86. The van der Waals surface area contributed by atoms with Gasteiger partial charge < -0.3 is 14.4 Å². The van der Waals surface area contributed by atoms with Crippen LogP contribution in [-0.2, 0) is 12.0 Å². The Balaban J connectivity index is 2.15. The highest BCUT2D eigenvalue weighted by Gasteiger charge is 2.17. The molecule has 0 radical (unpaired) electrons. The van der Waals surface area contributed by atoms with Gasteiger partial charge in [0.15, 0.2) is 0 Å². The first-order valence-corrected chi connectivity index (χ1v) is 8.33. The van der Waals surface area contributed by atoms with Gasteiger partial charge in [-0.25, -0.2) is 0 Å². The van der Waals surface area contributed by atoms with Crippen LogP contribution >= 0.6 is 0 Å². The second kappa shape index (κ2) is 7.60. The summed E-state index contributed by atoms with van der Waals surface area (Å²) in [6.07, 6.45) is 0. The Morgan fingerprint density at radius 1 is 1.00 bits per heavy atom. The van der Waals surface area contributed by atoms with E-state index in [0.717, 1.165) is 11.3 Å². The molecule has 0 saturated carbocycles. The zero-order valence-corrected chi connectivity index (χ0v) is 15.9. The van der Waals surface area contributed by atoms with Crippen molar-refractivity contribution in [2.75, 3.05) is 21.3 Å². The third-order valence-electron chi connectivity index (χ3n) is 4.25. The Hall–Kier alpha value is -2.49. The highest BCUT2D eigenvalue weighted by Crippen LogP contribution is 2.26. The number of amides is 1. The fourth-order valence-corrected chi connectivity index (χ4v) is 2.64. The second-order valence-electron chi connectivity index (χ2n) is 7.17. The molecule has 4 nitrogen and oxygen atoms in total. The van der Waals surface area contributed by atoms with E-state index in [0.29, 0.717) is 17.9 Å². The van der Waals surface area contributed by atoms with Crippen LogP contribution in [0.3, 0.4) is 0 Å². The summed E-state index contributed by atoms with van der Waals surface area (Å²) in [7, 11) is 5.03. The number of rotatable bonds is 5. The Morgan fingerprint density at radius 3 is 2.16 bits per heavy atom. The molecule has 0 aliphatic heterocycles. The summed E-state index contributed by atoms with van der Waals surface area (Å²) < 4.78 is 10.6. The molecular formula is C21H27NO3. The molecule has 25 heavy (non-hydrogen) atoms. The van der Waals surface area contributed by atoms with Crippen molar-refractivity contribution in [3.63, 3.8) is 0 Å². The van der Waals surface area contributed by atoms with Crippen LogP contribution in [-0.4, -0.2) is 32.1 Å². The Bertz CT molecular complexity index is 730. The van der Waals surface area contributed by atoms with E-state index in [9.17, 15) is 4.79 Å². The smallest absolute Gasteiger partial charge is 0.253 e. The van der Waals surface area contributed by atoms with Crippen molar-refractivity contribution in [1.82, 2.24) is 4.90 Å². The Kier molecular flexibility index (Phi) is 5.73. The predicted molar refractivity (Wildman–Crippen MR) is 100 cm³/mol. The number of ether oxygens (including phenoxy) is 2. The van der Waals surface area contributed by atoms with Crippen LogP contribution in [0.1, 0.15) is 42.3 Å². The second-order valence-corrected chi connectivity index (χ2v) is 7.17. The Labute approximate surface area is 150 Å². The maximum absolute atomic E-state index is 12.7. The molecule has 0 bridgehead atoms. The zero-order valence-electron chi connectivity index (χ0n) is 15.9. The van der Waals surface area contributed by atoms with Crippen molar-refractivity contribution in [3.8, 4) is 11.5 Å². The minimum Gasteiger partial charge on any atom is -0.497 e. The summed E-state index contributed by atoms with van der Waals surface area (Å²) in [5, 5.41) is 0. The molecule has 1 amide bonds. The summed E-state index contributed by atoms with van der Waals surface area (Å²) >= 11 is 0. The van der Waals surface area contributed by atoms with E-state index in [2.05, 4.69) is 20.8 Å². The van der Waals surface area contributed by atoms with Crippen molar-refractivity contribution in [2.45, 2.75) is 32.7 Å². The quantitative estimate of drug-likeness (QED) is 0.815. The molecule has 0 aliphatic rings. The Morgan fingerprint density at radius 2 is 1.64 bits per heavy atom. The molecule has 134 valence electrons. The van der Waals surface area contributed by atoms with Crippen molar-refractivity contribution in [3.05, 3.63) is 59.2 Å². The number of carbonyl (C=O) groups is 1. The fraction of sp³-hybridized carbons (Fsp3) is 0.381. The average molecular weight is 341 g/mol. The molecule has 0 spiro atoms. The molecule has 0 atom stereocenters. The minimum atomic E-state index is -0.0154. The number of nitrogens with zero attached hydrogens (tertiary/aromatic N) is 1. The molecule has 0 aliphatic carbocycles. The van der Waals surface area contributed by atoms with Crippen molar-refractivity contribution in [2.24, 2.45) is 0 Å². The van der Waals surface area contributed by atoms with Crippen LogP contribution in [0.2, 0.25) is 0 Å². The first kappa shape index (κ1) is 18.8. The van der Waals surface area contributed by atoms with Crippen LogP contribution in [0, 0.1) is 0 Å². The topological polar surface area (TPSA) is 38.8 Å². The zero-order chi connectivity index (χ0) is 18.6. The highest BCUT2D eigenvalue weighted by atomic mass is 16.5. The summed E-state index contributed by atoms with van der Waals surface area (Å²) in [5.41, 5.74) is 2.90. The number of benzene rings is 2. The van der Waals surface area contributed by atoms with Gasteiger partial charge in [0.1, 0.15) is 11.5 Å². The lowest BCUT2D eigenvalue weighted by Gasteiger charge is -2.21. The van der Waals surface area contributed by atoms with Crippen LogP contribution in [0.4, 0.5) is 0 Å². The molecular weight excluding hydrogens is 314 g/mol. The normalized spacial score (nSPS) is 11.1. The van der Waals surface area contributed by atoms with Gasteiger partial charge >= 0.3 is 0 Å². The van der Waals surface area contributed by atoms with Crippen LogP contribution in [0.15, 0.2) is 42.5 Å². The van der Waals surface area contributed by atoms with Gasteiger partial charge in [0, 0.05) is 30.8 Å². The number of hydrogen-bond acceptors (Lipinski definition) is 3. The van der Waals surface area contributed by atoms with Gasteiger partial charge in [0.2, 0.25) is 0 Å². The fourth-order valence-electron chi connectivity index (χ4n) is 2.64. The largest absolute Gasteiger partial charge is 0.497 e. The van der Waals surface area contributed by atoms with E-state index < -0.39 is 0 Å². The van der Waals surface area contributed by atoms with Gasteiger partial charge in [0.25, 0.3) is 5.91 Å². The van der Waals surface area contributed by atoms with Gasteiger partial charge in [-0.15, -0.1) is 0 Å². The molecule has 0 N–H and O–H groups in total. The van der Waals surface area contributed by atoms with Gasteiger partial charge in [-0.1, -0.05) is 32.9 Å². The standard InChI is InChI=1S/C21H27NO3/c1-21(2,3)17-10-7-15(8-11-17)20(23)22(4)14-16-9-12-18(24-5)13-19(16)25-6/h7-13H,14H2,1-6H3. The number of methoxy groups -OCH3 is 2. The molecule has 0 saturated heterocycles. The van der Waals surface area contributed by atoms with Crippen LogP contribution in [0.25, 0.3) is 0 Å². The summed E-state index contributed by atoms with van der Waals surface area (Å²) in [6.45, 7) is 6.94. The molecule has 0 heterocycles. The summed E-state index contributed by atoms with van der Waals surface area (Å²) in [5.74, 6) is 1.42. The predicted octanol–water partition coefficient (Wildman–Crippen LogP) is 4.27. The van der Waals surface area contributed by atoms with E-state index in [1.54, 1.807) is 26.2 Å². The lowest BCUT2D eigenvalue weighted by Crippen LogP contribution is -2.26. The lowest BCUT2D eigenvalue weighted by molar-refractivity contribution is 0.0784. The third kappa shape index (κ3) is 4.53. The van der Waals surface area contributed by atoms with Gasteiger partial charge in [-0.3, -0.25) is 4.79 Å². The number of carbonyl (C=O) groups excluding carboxylic acids is 1. The van der Waals surface area contributed by atoms with E-state index in [1.165, 1.54) is 5.56 Å². The molecule has 4 heteroatoms. The van der Waals surface area contributed by atoms with Crippen molar-refractivity contribution < 1.29 is 14.3 Å². The van der Waals surface area contributed by atoms with Gasteiger partial charge in [0.05, 0.1) is 14.2 Å². The van der Waals surface area contributed by atoms with E-state index in [1.807, 2.05) is 42.5 Å². The van der Waals surface area contributed by atoms with E-state index in [-0.39, 0.29) is 11.3 Å². The minimum absolute atomic E-state index is 0.0154. The molecule has 2 aromatic carbocycles. The van der Waals surface area contributed by atoms with Gasteiger partial charge in [-0.2, -0.15) is 0 Å². The highest BCUT2D eigenvalue weighted by molar-refractivity contribution is 5.94. The van der Waals surface area contributed by atoms with Gasteiger partial charge in [-0.05, 0) is 35.2 Å². The average Bonchev–Trinajstić information content (AvgIpc) is 2.60. The molecule has 2 aromatic rings. The van der Waals surface area contributed by atoms with Crippen molar-refractivity contribution in [1.29, 1.82) is 0 Å². The monoisotopic (exact) mass is 341 g/mol. The molecule has 0 unspecified atom stereocenters. The first-order chi connectivity index (χ1) is 11.8. The SMILES string of the molecule is COc1ccc(CN(C)C(=O)c2ccc(C(C)(C)C)cc2)c(OC)c1.